The van der Waals surface area contributed by atoms with Crippen LogP contribution in [0.5, 0.6) is 0 Å². The first-order valence-corrected chi connectivity index (χ1v) is 6.23. The van der Waals surface area contributed by atoms with Gasteiger partial charge in [-0.3, -0.25) is 4.68 Å². The third-order valence-corrected chi connectivity index (χ3v) is 3.09. The van der Waals surface area contributed by atoms with Crippen LogP contribution in [0.3, 0.4) is 0 Å². The van der Waals surface area contributed by atoms with Crippen molar-refractivity contribution in [2.75, 3.05) is 7.05 Å². The largest absolute Gasteiger partial charge is 0.308 e. The normalized spacial score (nSPS) is 12.7. The van der Waals surface area contributed by atoms with Crippen molar-refractivity contribution in [1.82, 2.24) is 15.1 Å². The molecule has 1 unspecified atom stereocenters. The lowest BCUT2D eigenvalue weighted by atomic mass is 10.0. The van der Waals surface area contributed by atoms with Gasteiger partial charge in [0.1, 0.15) is 0 Å². The van der Waals surface area contributed by atoms with Crippen LogP contribution in [0, 0.1) is 18.6 Å². The lowest BCUT2D eigenvalue weighted by Crippen LogP contribution is -2.21. The van der Waals surface area contributed by atoms with Crippen LogP contribution >= 0.6 is 0 Å². The van der Waals surface area contributed by atoms with E-state index in [9.17, 15) is 8.78 Å². The number of aryl methyl sites for hydroxylation is 2. The average molecular weight is 265 g/mol. The molecule has 1 aromatic heterocycles. The Kier molecular flexibility index (Phi) is 3.95. The molecular weight excluding hydrogens is 248 g/mol. The molecule has 1 N–H and O–H groups in total. The van der Waals surface area contributed by atoms with Crippen LogP contribution in [0.1, 0.15) is 29.9 Å². The Morgan fingerprint density at radius 3 is 2.58 bits per heavy atom. The minimum absolute atomic E-state index is 0.212. The maximum Gasteiger partial charge on any atom is 0.159 e. The molecule has 0 aliphatic rings. The predicted molar refractivity (Wildman–Crippen MR) is 69.9 cm³/mol. The Labute approximate surface area is 111 Å². The second-order valence-electron chi connectivity index (χ2n) is 4.42. The van der Waals surface area contributed by atoms with Crippen molar-refractivity contribution >= 4 is 0 Å². The maximum absolute atomic E-state index is 13.4. The van der Waals surface area contributed by atoms with Crippen molar-refractivity contribution in [3.63, 3.8) is 0 Å². The van der Waals surface area contributed by atoms with Crippen LogP contribution in [-0.4, -0.2) is 16.8 Å². The molecule has 0 saturated heterocycles. The smallest absolute Gasteiger partial charge is 0.159 e. The zero-order valence-electron chi connectivity index (χ0n) is 11.2. The van der Waals surface area contributed by atoms with Gasteiger partial charge in [-0.1, -0.05) is 6.07 Å². The van der Waals surface area contributed by atoms with Gasteiger partial charge in [0, 0.05) is 6.54 Å². The summed E-state index contributed by atoms with van der Waals surface area (Å²) in [5, 5.41) is 7.49. The molecule has 3 nitrogen and oxygen atoms in total. The van der Waals surface area contributed by atoms with Gasteiger partial charge >= 0.3 is 0 Å². The van der Waals surface area contributed by atoms with E-state index >= 15 is 0 Å². The standard InChI is InChI=1S/C14H17F2N3/c1-4-19-13(7-9(2)18-19)14(17-3)10-5-6-11(15)12(16)8-10/h5-8,14,17H,4H2,1-3H3. The number of rotatable bonds is 4. The maximum atomic E-state index is 13.4. The molecule has 19 heavy (non-hydrogen) atoms. The van der Waals surface area contributed by atoms with E-state index in [1.807, 2.05) is 24.6 Å². The fourth-order valence-corrected chi connectivity index (χ4v) is 2.23. The highest BCUT2D eigenvalue weighted by molar-refractivity contribution is 5.29. The van der Waals surface area contributed by atoms with Gasteiger partial charge in [-0.05, 0) is 44.7 Å². The van der Waals surface area contributed by atoms with Crippen LogP contribution in [0.25, 0.3) is 0 Å². The van der Waals surface area contributed by atoms with E-state index in [4.69, 9.17) is 0 Å². The van der Waals surface area contributed by atoms with E-state index in [1.165, 1.54) is 6.07 Å². The summed E-state index contributed by atoms with van der Waals surface area (Å²) in [5.74, 6) is -1.67. The minimum Gasteiger partial charge on any atom is -0.308 e. The molecule has 0 fully saturated rings. The molecule has 2 rings (SSSR count). The quantitative estimate of drug-likeness (QED) is 0.921. The number of aromatic nitrogens is 2. The monoisotopic (exact) mass is 265 g/mol. The number of benzene rings is 1. The lowest BCUT2D eigenvalue weighted by Gasteiger charge is -2.18. The summed E-state index contributed by atoms with van der Waals surface area (Å²) in [6, 6.07) is 5.69. The molecule has 0 bridgehead atoms. The average Bonchev–Trinajstić information content (AvgIpc) is 2.76. The van der Waals surface area contributed by atoms with Crippen LogP contribution in [0.4, 0.5) is 8.78 Å². The Morgan fingerprint density at radius 1 is 1.26 bits per heavy atom. The van der Waals surface area contributed by atoms with Gasteiger partial charge < -0.3 is 5.32 Å². The van der Waals surface area contributed by atoms with Crippen molar-refractivity contribution in [2.45, 2.75) is 26.4 Å². The number of nitrogens with one attached hydrogen (secondary N) is 1. The molecule has 1 atom stereocenters. The molecule has 0 saturated carbocycles. The molecule has 2 aromatic rings. The van der Waals surface area contributed by atoms with E-state index in [1.54, 1.807) is 13.1 Å². The van der Waals surface area contributed by atoms with Gasteiger partial charge in [-0.2, -0.15) is 5.10 Å². The molecule has 1 heterocycles. The van der Waals surface area contributed by atoms with Crippen molar-refractivity contribution in [3.8, 4) is 0 Å². The molecule has 0 amide bonds. The van der Waals surface area contributed by atoms with Crippen LogP contribution in [0.2, 0.25) is 0 Å². The molecule has 0 aliphatic carbocycles. The van der Waals surface area contributed by atoms with Crippen LogP contribution in [0.15, 0.2) is 24.3 Å². The van der Waals surface area contributed by atoms with Crippen molar-refractivity contribution in [1.29, 1.82) is 0 Å². The first kappa shape index (κ1) is 13.7. The van der Waals surface area contributed by atoms with E-state index in [-0.39, 0.29) is 6.04 Å². The summed E-state index contributed by atoms with van der Waals surface area (Å²) >= 11 is 0. The first-order chi connectivity index (χ1) is 9.06. The minimum atomic E-state index is -0.836. The fraction of sp³-hybridized carbons (Fsp3) is 0.357. The molecule has 1 aromatic carbocycles. The highest BCUT2D eigenvalue weighted by atomic mass is 19.2. The Bertz CT molecular complexity index is 578. The fourth-order valence-electron chi connectivity index (χ4n) is 2.23. The summed E-state index contributed by atoms with van der Waals surface area (Å²) in [5.41, 5.74) is 2.52. The molecule has 5 heteroatoms. The second kappa shape index (κ2) is 5.48. The van der Waals surface area contributed by atoms with Crippen LogP contribution < -0.4 is 5.32 Å². The number of hydrogen-bond acceptors (Lipinski definition) is 2. The van der Waals surface area contributed by atoms with E-state index in [0.717, 1.165) is 24.0 Å². The second-order valence-corrected chi connectivity index (χ2v) is 4.42. The van der Waals surface area contributed by atoms with Gasteiger partial charge in [0.25, 0.3) is 0 Å². The molecule has 0 radical (unpaired) electrons. The van der Waals surface area contributed by atoms with Gasteiger partial charge in [-0.25, -0.2) is 8.78 Å². The summed E-state index contributed by atoms with van der Waals surface area (Å²) in [6.45, 7) is 4.63. The Hall–Kier alpha value is -1.75. The zero-order valence-corrected chi connectivity index (χ0v) is 11.2. The molecule has 0 spiro atoms. The van der Waals surface area contributed by atoms with Crippen molar-refractivity contribution in [2.24, 2.45) is 0 Å². The predicted octanol–water partition coefficient (Wildman–Crippen LogP) is 2.80. The highest BCUT2D eigenvalue weighted by Gasteiger charge is 2.18. The third-order valence-electron chi connectivity index (χ3n) is 3.09. The SMILES string of the molecule is CCn1nc(C)cc1C(NC)c1ccc(F)c(F)c1. The van der Waals surface area contributed by atoms with Crippen LogP contribution in [-0.2, 0) is 6.54 Å². The molecular formula is C14H17F2N3. The van der Waals surface area contributed by atoms with Gasteiger partial charge in [0.05, 0.1) is 17.4 Å². The summed E-state index contributed by atoms with van der Waals surface area (Å²) in [4.78, 5) is 0. The Morgan fingerprint density at radius 2 is 2.00 bits per heavy atom. The first-order valence-electron chi connectivity index (χ1n) is 6.23. The summed E-state index contributed by atoms with van der Waals surface area (Å²) in [6.07, 6.45) is 0. The lowest BCUT2D eigenvalue weighted by molar-refractivity contribution is 0.502. The summed E-state index contributed by atoms with van der Waals surface area (Å²) < 4.78 is 28.2. The Balaban J connectivity index is 2.46. The number of halogens is 2. The third kappa shape index (κ3) is 2.66. The number of hydrogen-bond donors (Lipinski definition) is 1. The van der Waals surface area contributed by atoms with E-state index in [0.29, 0.717) is 5.56 Å². The highest BCUT2D eigenvalue weighted by Crippen LogP contribution is 2.24. The topological polar surface area (TPSA) is 29.9 Å². The summed E-state index contributed by atoms with van der Waals surface area (Å²) in [7, 11) is 1.79. The number of nitrogens with zero attached hydrogens (tertiary/aromatic N) is 2. The van der Waals surface area contributed by atoms with E-state index < -0.39 is 11.6 Å². The van der Waals surface area contributed by atoms with Gasteiger partial charge in [0.2, 0.25) is 0 Å². The molecule has 0 aliphatic heterocycles. The van der Waals surface area contributed by atoms with Crippen molar-refractivity contribution in [3.05, 3.63) is 52.9 Å². The van der Waals surface area contributed by atoms with E-state index in [2.05, 4.69) is 10.4 Å². The van der Waals surface area contributed by atoms with Gasteiger partial charge in [0.15, 0.2) is 11.6 Å². The van der Waals surface area contributed by atoms with Crippen molar-refractivity contribution < 1.29 is 8.78 Å². The molecule has 102 valence electrons. The zero-order chi connectivity index (χ0) is 14.0. The van der Waals surface area contributed by atoms with Gasteiger partial charge in [-0.15, -0.1) is 0 Å².